The summed E-state index contributed by atoms with van der Waals surface area (Å²) < 4.78 is 7.23. The van der Waals surface area contributed by atoms with E-state index in [1.54, 1.807) is 25.4 Å². The lowest BCUT2D eigenvalue weighted by Crippen LogP contribution is -2.10. The topological polar surface area (TPSA) is 71.7 Å². The maximum atomic E-state index is 11.0. The number of aliphatic hydroxyl groups excluding tert-OH is 1. The summed E-state index contributed by atoms with van der Waals surface area (Å²) in [7, 11) is 1.57. The fourth-order valence-electron chi connectivity index (χ4n) is 2.23. The highest BCUT2D eigenvalue weighted by Gasteiger charge is 2.23. The van der Waals surface area contributed by atoms with Crippen LogP contribution in [0.3, 0.4) is 0 Å². The monoisotopic (exact) mass is 263 g/mol. The molecule has 1 unspecified atom stereocenters. The van der Waals surface area contributed by atoms with Crippen molar-refractivity contribution in [1.29, 1.82) is 0 Å². The molecule has 0 spiro atoms. The molecule has 1 atom stereocenters. The minimum atomic E-state index is -1.53. The average Bonchev–Trinajstić information content (AvgIpc) is 2.77. The van der Waals surface area contributed by atoms with Crippen molar-refractivity contribution in [3.63, 3.8) is 0 Å². The molecular weight excluding hydrogens is 246 g/mol. The van der Waals surface area contributed by atoms with E-state index >= 15 is 0 Å². The Morgan fingerprint density at radius 1 is 1.37 bits per heavy atom. The van der Waals surface area contributed by atoms with Gasteiger partial charge in [-0.2, -0.15) is 0 Å². The van der Waals surface area contributed by atoms with Gasteiger partial charge in [-0.3, -0.25) is 0 Å². The molecule has 0 aliphatic carbocycles. The first-order valence-corrected chi connectivity index (χ1v) is 6.05. The van der Waals surface area contributed by atoms with Gasteiger partial charge in [-0.15, -0.1) is 0 Å². The van der Waals surface area contributed by atoms with Crippen molar-refractivity contribution >= 4 is 16.9 Å². The summed E-state index contributed by atoms with van der Waals surface area (Å²) >= 11 is 0. The van der Waals surface area contributed by atoms with Crippen molar-refractivity contribution in [2.75, 3.05) is 7.11 Å². The second-order valence-electron chi connectivity index (χ2n) is 4.68. The first kappa shape index (κ1) is 13.4. The first-order chi connectivity index (χ1) is 8.97. The number of ether oxygens (including phenoxy) is 1. The second kappa shape index (κ2) is 4.93. The number of aliphatic carboxylic acids is 1. The number of hydrogen-bond acceptors (Lipinski definition) is 3. The van der Waals surface area contributed by atoms with Gasteiger partial charge in [-0.05, 0) is 19.9 Å². The van der Waals surface area contributed by atoms with E-state index in [4.69, 9.17) is 9.84 Å². The largest absolute Gasteiger partial charge is 0.495 e. The van der Waals surface area contributed by atoms with Gasteiger partial charge < -0.3 is 19.5 Å². The van der Waals surface area contributed by atoms with E-state index in [0.29, 0.717) is 16.7 Å². The van der Waals surface area contributed by atoms with E-state index in [2.05, 4.69) is 0 Å². The minimum absolute atomic E-state index is 0.133. The van der Waals surface area contributed by atoms with Gasteiger partial charge in [0, 0.05) is 23.2 Å². The number of aliphatic hydroxyl groups is 1. The molecule has 5 nitrogen and oxygen atoms in total. The molecule has 0 bridgehead atoms. The molecule has 19 heavy (non-hydrogen) atoms. The van der Waals surface area contributed by atoms with Gasteiger partial charge in [0.25, 0.3) is 0 Å². The number of carboxylic acid groups (broad SMARTS) is 1. The summed E-state index contributed by atoms with van der Waals surface area (Å²) in [6, 6.07) is 5.52. The molecule has 0 radical (unpaired) electrons. The number of nitrogens with zero attached hydrogens (tertiary/aromatic N) is 1. The molecule has 1 heterocycles. The van der Waals surface area contributed by atoms with Crippen molar-refractivity contribution in [2.24, 2.45) is 0 Å². The Balaban J connectivity index is 2.78. The molecule has 0 aliphatic heterocycles. The van der Waals surface area contributed by atoms with Crippen LogP contribution in [0.25, 0.3) is 10.9 Å². The molecule has 1 aromatic heterocycles. The number of fused-ring (bicyclic) bond motifs is 1. The number of carbonyl (C=O) groups is 1. The molecule has 0 aliphatic rings. The lowest BCUT2D eigenvalue weighted by molar-refractivity contribution is -0.146. The number of benzene rings is 1. The van der Waals surface area contributed by atoms with Crippen LogP contribution in [0.2, 0.25) is 0 Å². The van der Waals surface area contributed by atoms with E-state index in [1.807, 2.05) is 24.5 Å². The van der Waals surface area contributed by atoms with E-state index in [-0.39, 0.29) is 6.04 Å². The number of hydrogen-bond donors (Lipinski definition) is 2. The highest BCUT2D eigenvalue weighted by atomic mass is 16.5. The Bertz CT molecular complexity index is 615. The van der Waals surface area contributed by atoms with Gasteiger partial charge in [0.15, 0.2) is 6.10 Å². The fourth-order valence-corrected chi connectivity index (χ4v) is 2.23. The van der Waals surface area contributed by atoms with E-state index in [9.17, 15) is 9.90 Å². The zero-order valence-corrected chi connectivity index (χ0v) is 11.1. The Hall–Kier alpha value is -2.01. The number of carboxylic acids is 1. The van der Waals surface area contributed by atoms with Crippen LogP contribution in [0.5, 0.6) is 5.75 Å². The van der Waals surface area contributed by atoms with Crippen molar-refractivity contribution < 1.29 is 19.7 Å². The van der Waals surface area contributed by atoms with Gasteiger partial charge in [-0.25, -0.2) is 4.79 Å². The van der Waals surface area contributed by atoms with Crippen molar-refractivity contribution in [3.05, 3.63) is 30.0 Å². The normalized spacial score (nSPS) is 12.9. The van der Waals surface area contributed by atoms with Crippen LogP contribution in [-0.2, 0) is 4.79 Å². The van der Waals surface area contributed by atoms with Crippen LogP contribution in [0.1, 0.15) is 31.6 Å². The highest BCUT2D eigenvalue weighted by molar-refractivity contribution is 5.92. The Morgan fingerprint density at radius 2 is 2.05 bits per heavy atom. The van der Waals surface area contributed by atoms with Crippen LogP contribution in [0, 0.1) is 0 Å². The Kier molecular flexibility index (Phi) is 3.48. The predicted octanol–water partition coefficient (Wildman–Crippen LogP) is 2.35. The quantitative estimate of drug-likeness (QED) is 0.888. The molecule has 2 rings (SSSR count). The lowest BCUT2D eigenvalue weighted by atomic mass is 10.1. The summed E-state index contributed by atoms with van der Waals surface area (Å²) in [5.41, 5.74) is 1.19. The van der Waals surface area contributed by atoms with Gasteiger partial charge in [0.1, 0.15) is 5.75 Å². The standard InChI is InChI=1S/C14H17NO4/c1-8(2)15-7-10(13(16)14(17)18)9-5-4-6-11(19-3)12(9)15/h4-8,13,16H,1-3H3,(H,17,18). The van der Waals surface area contributed by atoms with Gasteiger partial charge in [0.05, 0.1) is 12.6 Å². The van der Waals surface area contributed by atoms with E-state index in [1.165, 1.54) is 0 Å². The summed E-state index contributed by atoms with van der Waals surface area (Å²) in [6.07, 6.45) is 0.144. The number of methoxy groups -OCH3 is 1. The van der Waals surface area contributed by atoms with Gasteiger partial charge in [0.2, 0.25) is 0 Å². The summed E-state index contributed by atoms with van der Waals surface area (Å²) in [6.45, 7) is 3.98. The number of aromatic nitrogens is 1. The molecule has 0 fully saturated rings. The molecule has 2 N–H and O–H groups in total. The molecular formula is C14H17NO4. The zero-order valence-electron chi connectivity index (χ0n) is 11.1. The number of para-hydroxylation sites is 1. The first-order valence-electron chi connectivity index (χ1n) is 6.05. The van der Waals surface area contributed by atoms with Crippen molar-refractivity contribution in [1.82, 2.24) is 4.57 Å². The van der Waals surface area contributed by atoms with Gasteiger partial charge >= 0.3 is 5.97 Å². The lowest BCUT2D eigenvalue weighted by Gasteiger charge is -2.11. The van der Waals surface area contributed by atoms with Crippen molar-refractivity contribution in [3.8, 4) is 5.75 Å². The van der Waals surface area contributed by atoms with Crippen LogP contribution >= 0.6 is 0 Å². The average molecular weight is 263 g/mol. The molecule has 2 aromatic rings. The summed E-state index contributed by atoms with van der Waals surface area (Å²) in [5, 5.41) is 19.5. The Morgan fingerprint density at radius 3 is 2.58 bits per heavy atom. The van der Waals surface area contributed by atoms with Crippen LogP contribution in [0.4, 0.5) is 0 Å². The van der Waals surface area contributed by atoms with E-state index < -0.39 is 12.1 Å². The fraction of sp³-hybridized carbons (Fsp3) is 0.357. The molecule has 0 amide bonds. The van der Waals surface area contributed by atoms with Crippen molar-refractivity contribution in [2.45, 2.75) is 26.0 Å². The van der Waals surface area contributed by atoms with Crippen LogP contribution in [-0.4, -0.2) is 27.9 Å². The molecule has 0 saturated carbocycles. The smallest absolute Gasteiger partial charge is 0.337 e. The SMILES string of the molecule is COc1cccc2c(C(O)C(=O)O)cn(C(C)C)c12. The number of rotatable bonds is 4. The van der Waals surface area contributed by atoms with E-state index in [0.717, 1.165) is 5.52 Å². The Labute approximate surface area is 111 Å². The molecule has 1 aromatic carbocycles. The minimum Gasteiger partial charge on any atom is -0.495 e. The zero-order chi connectivity index (χ0) is 14.2. The second-order valence-corrected chi connectivity index (χ2v) is 4.68. The summed E-state index contributed by atoms with van der Waals surface area (Å²) in [5.74, 6) is -0.597. The summed E-state index contributed by atoms with van der Waals surface area (Å²) in [4.78, 5) is 11.0. The maximum absolute atomic E-state index is 11.0. The van der Waals surface area contributed by atoms with Gasteiger partial charge in [-0.1, -0.05) is 12.1 Å². The molecule has 102 valence electrons. The molecule has 5 heteroatoms. The third-order valence-corrected chi connectivity index (χ3v) is 3.15. The third-order valence-electron chi connectivity index (χ3n) is 3.15. The highest BCUT2D eigenvalue weighted by Crippen LogP contribution is 2.34. The maximum Gasteiger partial charge on any atom is 0.337 e. The predicted molar refractivity (Wildman–Crippen MR) is 71.5 cm³/mol. The van der Waals surface area contributed by atoms with Crippen LogP contribution in [0.15, 0.2) is 24.4 Å². The van der Waals surface area contributed by atoms with Crippen LogP contribution < -0.4 is 4.74 Å². The molecule has 0 saturated heterocycles. The third kappa shape index (κ3) is 2.17.